The predicted octanol–water partition coefficient (Wildman–Crippen LogP) is 3.87. The molecule has 1 unspecified atom stereocenters. The Hall–Kier alpha value is -1.27. The summed E-state index contributed by atoms with van der Waals surface area (Å²) in [5.74, 6) is 1.20. The van der Waals surface area contributed by atoms with E-state index >= 15 is 0 Å². The smallest absolute Gasteiger partial charge is 0.245 e. The lowest BCUT2D eigenvalue weighted by molar-refractivity contribution is -0.140. The highest BCUT2D eigenvalue weighted by atomic mass is 79.9. The van der Waals surface area contributed by atoms with Crippen molar-refractivity contribution < 1.29 is 9.59 Å². The van der Waals surface area contributed by atoms with Crippen molar-refractivity contribution in [2.75, 3.05) is 25.9 Å². The van der Waals surface area contributed by atoms with E-state index in [0.29, 0.717) is 13.1 Å². The number of rotatable bonds is 3. The molecule has 134 valence electrons. The monoisotopic (exact) mass is 422 g/mol. The standard InChI is InChI=1S/C19H23BrN2O2S/c1-3-18(23)22-9-6-13(7-10-22)19(24)21(2)16-8-11-25-17-5-4-14(20)12-15(16)17/h3-5,12-13,16H,1,6-11H2,2H3. The zero-order chi connectivity index (χ0) is 18.0. The van der Waals surface area contributed by atoms with Crippen molar-refractivity contribution in [2.24, 2.45) is 5.92 Å². The number of nitrogens with zero attached hydrogens (tertiary/aromatic N) is 2. The molecule has 3 rings (SSSR count). The molecule has 1 aromatic carbocycles. The SMILES string of the molecule is C=CC(=O)N1CCC(C(=O)N(C)C2CCSc3ccc(Br)cc32)CC1. The third-order valence-corrected chi connectivity index (χ3v) is 6.74. The summed E-state index contributed by atoms with van der Waals surface area (Å²) in [6.07, 6.45) is 3.79. The maximum atomic E-state index is 13.0. The number of amides is 2. The maximum absolute atomic E-state index is 13.0. The number of carbonyl (C=O) groups is 2. The summed E-state index contributed by atoms with van der Waals surface area (Å²) in [5.41, 5.74) is 1.24. The first kappa shape index (κ1) is 18.5. The highest BCUT2D eigenvalue weighted by Gasteiger charge is 2.33. The number of hydrogen-bond acceptors (Lipinski definition) is 3. The maximum Gasteiger partial charge on any atom is 0.245 e. The van der Waals surface area contributed by atoms with Gasteiger partial charge in [0, 0.05) is 41.2 Å². The van der Waals surface area contributed by atoms with Gasteiger partial charge in [-0.3, -0.25) is 9.59 Å². The molecule has 1 fully saturated rings. The number of piperidine rings is 1. The van der Waals surface area contributed by atoms with Gasteiger partial charge in [0.15, 0.2) is 0 Å². The molecule has 2 aliphatic rings. The summed E-state index contributed by atoms with van der Waals surface area (Å²) in [7, 11) is 1.93. The molecule has 0 aliphatic carbocycles. The molecular weight excluding hydrogens is 400 g/mol. The van der Waals surface area contributed by atoms with Crippen LogP contribution in [-0.4, -0.2) is 47.5 Å². The molecule has 0 bridgehead atoms. The molecule has 0 spiro atoms. The minimum Gasteiger partial charge on any atom is -0.339 e. The van der Waals surface area contributed by atoms with Gasteiger partial charge in [-0.15, -0.1) is 11.8 Å². The summed E-state index contributed by atoms with van der Waals surface area (Å²) >= 11 is 5.41. The lowest BCUT2D eigenvalue weighted by Gasteiger charge is -2.37. The third-order valence-electron chi connectivity index (χ3n) is 5.13. The number of thioether (sulfide) groups is 1. The van der Waals surface area contributed by atoms with Crippen LogP contribution < -0.4 is 0 Å². The Morgan fingerprint density at radius 3 is 2.72 bits per heavy atom. The Balaban J connectivity index is 1.69. The largest absolute Gasteiger partial charge is 0.339 e. The van der Waals surface area contributed by atoms with E-state index in [2.05, 4.69) is 40.7 Å². The van der Waals surface area contributed by atoms with Crippen molar-refractivity contribution in [3.05, 3.63) is 40.9 Å². The summed E-state index contributed by atoms with van der Waals surface area (Å²) < 4.78 is 1.05. The quantitative estimate of drug-likeness (QED) is 0.694. The predicted molar refractivity (Wildman–Crippen MR) is 104 cm³/mol. The van der Waals surface area contributed by atoms with Crippen molar-refractivity contribution >= 4 is 39.5 Å². The van der Waals surface area contributed by atoms with Crippen molar-refractivity contribution in [3.8, 4) is 0 Å². The van der Waals surface area contributed by atoms with Gasteiger partial charge in [0.25, 0.3) is 0 Å². The van der Waals surface area contributed by atoms with Gasteiger partial charge in [-0.1, -0.05) is 22.5 Å². The molecule has 25 heavy (non-hydrogen) atoms. The molecule has 1 atom stereocenters. The Labute approximate surface area is 161 Å². The van der Waals surface area contributed by atoms with Gasteiger partial charge in [-0.05, 0) is 49.1 Å². The first-order chi connectivity index (χ1) is 12.0. The topological polar surface area (TPSA) is 40.6 Å². The molecule has 2 amide bonds. The van der Waals surface area contributed by atoms with Crippen molar-refractivity contribution in [2.45, 2.75) is 30.2 Å². The Kier molecular flexibility index (Phi) is 5.89. The Morgan fingerprint density at radius 2 is 2.04 bits per heavy atom. The van der Waals surface area contributed by atoms with Gasteiger partial charge in [-0.2, -0.15) is 0 Å². The zero-order valence-electron chi connectivity index (χ0n) is 14.4. The van der Waals surface area contributed by atoms with E-state index in [4.69, 9.17) is 0 Å². The van der Waals surface area contributed by atoms with Crippen molar-refractivity contribution in [3.63, 3.8) is 0 Å². The van der Waals surface area contributed by atoms with Crippen LogP contribution in [0, 0.1) is 5.92 Å². The lowest BCUT2D eigenvalue weighted by Crippen LogP contribution is -2.44. The van der Waals surface area contributed by atoms with Crippen LogP contribution in [0.25, 0.3) is 0 Å². The van der Waals surface area contributed by atoms with E-state index in [0.717, 1.165) is 29.5 Å². The van der Waals surface area contributed by atoms with Gasteiger partial charge in [0.05, 0.1) is 6.04 Å². The molecular formula is C19H23BrN2O2S. The van der Waals surface area contributed by atoms with Crippen LogP contribution in [0.15, 0.2) is 40.2 Å². The number of benzene rings is 1. The fraction of sp³-hybridized carbons (Fsp3) is 0.474. The molecule has 4 nitrogen and oxygen atoms in total. The zero-order valence-corrected chi connectivity index (χ0v) is 16.8. The molecule has 0 N–H and O–H groups in total. The van der Waals surface area contributed by atoms with Crippen LogP contribution in [-0.2, 0) is 9.59 Å². The van der Waals surface area contributed by atoms with E-state index in [9.17, 15) is 9.59 Å². The molecule has 0 saturated carbocycles. The van der Waals surface area contributed by atoms with Crippen LogP contribution in [0.2, 0.25) is 0 Å². The van der Waals surface area contributed by atoms with E-state index in [1.807, 2.05) is 23.7 Å². The van der Waals surface area contributed by atoms with Crippen LogP contribution >= 0.6 is 27.7 Å². The lowest BCUT2D eigenvalue weighted by atomic mass is 9.93. The molecule has 6 heteroatoms. The van der Waals surface area contributed by atoms with Crippen LogP contribution in [0.4, 0.5) is 0 Å². The number of halogens is 1. The minimum atomic E-state index is -0.0395. The average molecular weight is 423 g/mol. The number of fused-ring (bicyclic) bond motifs is 1. The third kappa shape index (κ3) is 3.95. The fourth-order valence-corrected chi connectivity index (χ4v) is 5.13. The van der Waals surface area contributed by atoms with Crippen molar-refractivity contribution in [1.29, 1.82) is 0 Å². The number of likely N-dealkylation sites (tertiary alicyclic amines) is 1. The highest BCUT2D eigenvalue weighted by molar-refractivity contribution is 9.10. The second kappa shape index (κ2) is 7.96. The summed E-state index contributed by atoms with van der Waals surface area (Å²) in [5, 5.41) is 0. The molecule has 1 aromatic rings. The molecule has 1 saturated heterocycles. The number of hydrogen-bond donors (Lipinski definition) is 0. The van der Waals surface area contributed by atoms with Gasteiger partial charge < -0.3 is 9.80 Å². The summed E-state index contributed by atoms with van der Waals surface area (Å²) in [6.45, 7) is 4.81. The van der Waals surface area contributed by atoms with Gasteiger partial charge in [-0.25, -0.2) is 0 Å². The minimum absolute atomic E-state index is 0.00375. The van der Waals surface area contributed by atoms with E-state index in [-0.39, 0.29) is 23.8 Å². The molecule has 0 aromatic heterocycles. The Bertz CT molecular complexity index is 686. The Morgan fingerprint density at radius 1 is 1.32 bits per heavy atom. The fourth-order valence-electron chi connectivity index (χ4n) is 3.67. The van der Waals surface area contributed by atoms with Gasteiger partial charge >= 0.3 is 0 Å². The van der Waals surface area contributed by atoms with E-state index < -0.39 is 0 Å². The van der Waals surface area contributed by atoms with E-state index in [1.165, 1.54) is 16.5 Å². The van der Waals surface area contributed by atoms with Crippen LogP contribution in [0.5, 0.6) is 0 Å². The molecule has 0 radical (unpaired) electrons. The van der Waals surface area contributed by atoms with Crippen molar-refractivity contribution in [1.82, 2.24) is 9.80 Å². The first-order valence-corrected chi connectivity index (χ1v) is 10.4. The summed E-state index contributed by atoms with van der Waals surface area (Å²) in [6, 6.07) is 6.46. The van der Waals surface area contributed by atoms with Gasteiger partial charge in [0.1, 0.15) is 0 Å². The molecule has 2 aliphatic heterocycles. The number of carbonyl (C=O) groups excluding carboxylic acids is 2. The van der Waals surface area contributed by atoms with E-state index in [1.54, 1.807) is 4.90 Å². The normalized spacial score (nSPS) is 20.7. The van der Waals surface area contributed by atoms with Crippen LogP contribution in [0.3, 0.4) is 0 Å². The van der Waals surface area contributed by atoms with Crippen LogP contribution in [0.1, 0.15) is 30.9 Å². The second-order valence-electron chi connectivity index (χ2n) is 6.59. The molecule has 2 heterocycles. The van der Waals surface area contributed by atoms with Gasteiger partial charge in [0.2, 0.25) is 11.8 Å². The summed E-state index contributed by atoms with van der Waals surface area (Å²) in [4.78, 5) is 29.7. The first-order valence-electron chi connectivity index (χ1n) is 8.61. The second-order valence-corrected chi connectivity index (χ2v) is 8.64. The highest BCUT2D eigenvalue weighted by Crippen LogP contribution is 2.40. The average Bonchev–Trinajstić information content (AvgIpc) is 2.65.